The molecule has 1 N–H and O–H groups in total. The number of aryl methyl sites for hydroxylation is 1. The number of rotatable bonds is 3. The molecule has 0 radical (unpaired) electrons. The van der Waals surface area contributed by atoms with Gasteiger partial charge in [-0.3, -0.25) is 0 Å². The summed E-state index contributed by atoms with van der Waals surface area (Å²) in [7, 11) is 0. The van der Waals surface area contributed by atoms with Gasteiger partial charge in [0.15, 0.2) is 0 Å². The number of hydrogen-bond acceptors (Lipinski definition) is 0. The predicted molar refractivity (Wildman–Crippen MR) is 107 cm³/mol. The van der Waals surface area contributed by atoms with Crippen molar-refractivity contribution in [2.45, 2.75) is 18.8 Å². The third-order valence-electron chi connectivity index (χ3n) is 5.42. The first kappa shape index (κ1) is 15.0. The summed E-state index contributed by atoms with van der Waals surface area (Å²) in [5, 5.41) is 0. The zero-order valence-electron chi connectivity index (χ0n) is 13.8. The lowest BCUT2D eigenvalue weighted by atomic mass is 9.90. The molecule has 0 bridgehead atoms. The van der Waals surface area contributed by atoms with E-state index in [-0.39, 0.29) is 0 Å². The number of benzene rings is 2. The van der Waals surface area contributed by atoms with Crippen LogP contribution in [-0.2, 0) is 6.42 Å². The molecular weight excluding hydrogens is 370 g/mol. The summed E-state index contributed by atoms with van der Waals surface area (Å²) in [5.74, 6) is 0.490. The second kappa shape index (κ2) is 5.89. The number of pyridine rings is 1. The van der Waals surface area contributed by atoms with Crippen molar-refractivity contribution in [3.63, 3.8) is 0 Å². The summed E-state index contributed by atoms with van der Waals surface area (Å²) >= 11 is 3.65. The van der Waals surface area contributed by atoms with E-state index in [4.69, 9.17) is 0 Å². The maximum Gasteiger partial charge on any atom is 0.0497 e. The first-order chi connectivity index (χ1) is 12.3. The number of aromatic nitrogens is 1. The highest BCUT2D eigenvalue weighted by atomic mass is 79.9. The number of H-pyrrole nitrogens is 1. The van der Waals surface area contributed by atoms with Crippen LogP contribution < -0.4 is 0 Å². The van der Waals surface area contributed by atoms with Crippen molar-refractivity contribution < 1.29 is 0 Å². The van der Waals surface area contributed by atoms with Crippen LogP contribution in [0.2, 0.25) is 0 Å². The van der Waals surface area contributed by atoms with Crippen molar-refractivity contribution in [3.8, 4) is 22.4 Å². The fraction of sp³-hybridized carbons (Fsp3) is 0.130. The number of halogens is 1. The third kappa shape index (κ3) is 2.36. The molecule has 0 aromatic heterocycles. The molecule has 0 spiro atoms. The molecule has 0 atom stereocenters. The van der Waals surface area contributed by atoms with Crippen LogP contribution >= 0.6 is 15.9 Å². The van der Waals surface area contributed by atoms with Crippen LogP contribution in [0.3, 0.4) is 0 Å². The van der Waals surface area contributed by atoms with Crippen molar-refractivity contribution in [2.75, 3.05) is 0 Å². The topological polar surface area (TPSA) is 15.8 Å². The van der Waals surface area contributed by atoms with E-state index in [0.717, 1.165) is 17.3 Å². The highest BCUT2D eigenvalue weighted by molar-refractivity contribution is 9.10. The Morgan fingerprint density at radius 2 is 1.44 bits per heavy atom. The molecule has 3 aliphatic rings. The Kier molecular flexibility index (Phi) is 3.53. The maximum absolute atomic E-state index is 3.65. The highest BCUT2D eigenvalue weighted by Crippen LogP contribution is 2.46. The molecule has 0 saturated heterocycles. The van der Waals surface area contributed by atoms with Gasteiger partial charge in [-0.05, 0) is 46.7 Å². The van der Waals surface area contributed by atoms with Gasteiger partial charge in [0, 0.05) is 27.8 Å². The molecule has 2 aromatic rings. The maximum atomic E-state index is 3.65. The van der Waals surface area contributed by atoms with Crippen LogP contribution in [0.5, 0.6) is 0 Å². The van der Waals surface area contributed by atoms with Gasteiger partial charge >= 0.3 is 0 Å². The molecule has 0 saturated carbocycles. The van der Waals surface area contributed by atoms with Crippen LogP contribution in [-0.4, -0.2) is 4.98 Å². The Balaban J connectivity index is 1.49. The molecule has 0 fully saturated rings. The van der Waals surface area contributed by atoms with Gasteiger partial charge in [-0.1, -0.05) is 76.6 Å². The number of hydrogen-bond donors (Lipinski definition) is 1. The first-order valence-corrected chi connectivity index (χ1v) is 9.55. The molecule has 2 heteroatoms. The molecule has 2 aliphatic carbocycles. The van der Waals surface area contributed by atoms with Gasteiger partial charge in [-0.25, -0.2) is 0 Å². The van der Waals surface area contributed by atoms with E-state index in [1.165, 1.54) is 39.1 Å². The zero-order chi connectivity index (χ0) is 16.8. The Morgan fingerprint density at radius 1 is 0.760 bits per heavy atom. The van der Waals surface area contributed by atoms with Gasteiger partial charge in [0.2, 0.25) is 0 Å². The van der Waals surface area contributed by atoms with Gasteiger partial charge in [-0.15, -0.1) is 0 Å². The van der Waals surface area contributed by atoms with Gasteiger partial charge in [0.1, 0.15) is 0 Å². The second-order valence-electron chi connectivity index (χ2n) is 6.74. The highest BCUT2D eigenvalue weighted by Gasteiger charge is 2.28. The lowest BCUT2D eigenvalue weighted by Crippen LogP contribution is -1.99. The third-order valence-corrected chi connectivity index (χ3v) is 6.11. The molecular formula is C23H18BrN. The van der Waals surface area contributed by atoms with Crippen LogP contribution in [0.15, 0.2) is 77.4 Å². The van der Waals surface area contributed by atoms with E-state index in [1.807, 2.05) is 6.20 Å². The normalized spacial score (nSPS) is 13.2. The minimum Gasteiger partial charge on any atom is -0.361 e. The Labute approximate surface area is 156 Å². The van der Waals surface area contributed by atoms with Crippen molar-refractivity contribution in [1.82, 2.24) is 4.98 Å². The van der Waals surface area contributed by atoms with Crippen molar-refractivity contribution in [2.24, 2.45) is 0 Å². The lowest BCUT2D eigenvalue weighted by Gasteiger charge is -2.14. The number of aromatic amines is 1. The van der Waals surface area contributed by atoms with E-state index in [9.17, 15) is 0 Å². The first-order valence-electron chi connectivity index (χ1n) is 8.75. The van der Waals surface area contributed by atoms with Gasteiger partial charge in [-0.2, -0.15) is 0 Å². The molecule has 1 aliphatic heterocycles. The number of nitrogens with one attached hydrogen (secondary N) is 1. The largest absolute Gasteiger partial charge is 0.361 e. The van der Waals surface area contributed by atoms with E-state index < -0.39 is 0 Å². The van der Waals surface area contributed by atoms with Crippen molar-refractivity contribution in [1.29, 1.82) is 0 Å². The van der Waals surface area contributed by atoms with Crippen molar-refractivity contribution >= 4 is 15.9 Å². The van der Waals surface area contributed by atoms with Crippen LogP contribution in [0, 0.1) is 0 Å². The molecule has 5 rings (SSSR count). The van der Waals surface area contributed by atoms with Crippen LogP contribution in [0.4, 0.5) is 0 Å². The molecule has 1 heterocycles. The fourth-order valence-electron chi connectivity index (χ4n) is 4.26. The van der Waals surface area contributed by atoms with Gasteiger partial charge < -0.3 is 4.98 Å². The van der Waals surface area contributed by atoms with E-state index in [0.29, 0.717) is 5.92 Å². The van der Waals surface area contributed by atoms with E-state index in [1.54, 1.807) is 0 Å². The van der Waals surface area contributed by atoms with E-state index >= 15 is 0 Å². The summed E-state index contributed by atoms with van der Waals surface area (Å²) in [6.45, 7) is 0. The van der Waals surface area contributed by atoms with Crippen LogP contribution in [0.25, 0.3) is 22.4 Å². The SMILES string of the molecule is Brc1cc[nH]c2c(CCC3c4ccccc4-c4ccccc43)ccc1-2. The molecule has 2 aromatic carbocycles. The summed E-state index contributed by atoms with van der Waals surface area (Å²) in [5.41, 5.74) is 9.70. The number of fused-ring (bicyclic) bond motifs is 4. The van der Waals surface area contributed by atoms with Crippen LogP contribution in [0.1, 0.15) is 29.0 Å². The summed E-state index contributed by atoms with van der Waals surface area (Å²) < 4.78 is 1.16. The predicted octanol–water partition coefficient (Wildman–Crippen LogP) is 6.63. The molecule has 0 amide bonds. The minimum atomic E-state index is 0.490. The minimum absolute atomic E-state index is 0.490. The second-order valence-corrected chi connectivity index (χ2v) is 7.59. The fourth-order valence-corrected chi connectivity index (χ4v) is 4.72. The molecule has 0 unspecified atom stereocenters. The van der Waals surface area contributed by atoms with Gasteiger partial charge in [0.25, 0.3) is 0 Å². The molecule has 25 heavy (non-hydrogen) atoms. The summed E-state index contributed by atoms with van der Waals surface area (Å²) in [6.07, 6.45) is 4.22. The standard InChI is InChI=1S/C23H18BrN/c24-22-13-14-25-23-15(10-12-21(22)23)9-11-20-18-7-3-1-5-16(18)17-6-2-4-8-19(17)20/h1-8,10,12-14,20,25H,9,11H2. The van der Waals surface area contributed by atoms with Crippen molar-refractivity contribution in [3.05, 3.63) is 94.1 Å². The Morgan fingerprint density at radius 3 is 2.16 bits per heavy atom. The zero-order valence-corrected chi connectivity index (χ0v) is 15.4. The Bertz CT molecular complexity index is 984. The summed E-state index contributed by atoms with van der Waals surface area (Å²) in [6, 6.07) is 24.3. The average Bonchev–Trinajstić information content (AvgIpc) is 3.20. The Hall–Kier alpha value is -2.32. The monoisotopic (exact) mass is 387 g/mol. The molecule has 122 valence electrons. The smallest absolute Gasteiger partial charge is 0.0497 e. The van der Waals surface area contributed by atoms with Gasteiger partial charge in [0.05, 0.1) is 0 Å². The van der Waals surface area contributed by atoms with E-state index in [2.05, 4.69) is 87.6 Å². The quantitative estimate of drug-likeness (QED) is 0.406. The summed E-state index contributed by atoms with van der Waals surface area (Å²) in [4.78, 5) is 3.42. The molecule has 1 nitrogen and oxygen atoms in total. The lowest BCUT2D eigenvalue weighted by molar-refractivity contribution is 0.730. The average molecular weight is 388 g/mol.